The minimum absolute atomic E-state index is 0.140. The highest BCUT2D eigenvalue weighted by Gasteiger charge is 2.30. The van der Waals surface area contributed by atoms with Crippen LogP contribution in [-0.4, -0.2) is 11.7 Å². The van der Waals surface area contributed by atoms with Crippen LogP contribution in [0.2, 0.25) is 0 Å². The van der Waals surface area contributed by atoms with Gasteiger partial charge < -0.3 is 10.0 Å². The number of alkyl halides is 3. The van der Waals surface area contributed by atoms with Gasteiger partial charge in [-0.25, -0.2) is 0 Å². The first-order valence-electron chi connectivity index (χ1n) is 9.09. The second-order valence-electron chi connectivity index (χ2n) is 6.59. The van der Waals surface area contributed by atoms with Crippen molar-refractivity contribution >= 4 is 11.4 Å². The average Bonchev–Trinajstić information content (AvgIpc) is 2.61. The molecular weight excluding hydrogens is 339 g/mol. The van der Waals surface area contributed by atoms with Gasteiger partial charge in [-0.1, -0.05) is 39.2 Å². The van der Waals surface area contributed by atoms with Crippen LogP contribution in [0.5, 0.6) is 5.75 Å². The molecule has 0 amide bonds. The lowest BCUT2D eigenvalue weighted by Crippen LogP contribution is -2.25. The number of anilines is 2. The number of aromatic hydroxyl groups is 1. The SMILES string of the molecule is CCCCC(CC)CN(c1ccc(C(F)(F)F)cc1)c1cccc(O)c1. The molecule has 0 saturated heterocycles. The molecule has 0 fully saturated rings. The van der Waals surface area contributed by atoms with Gasteiger partial charge in [-0.05, 0) is 48.7 Å². The highest BCUT2D eigenvalue weighted by Crippen LogP contribution is 2.34. The molecule has 0 spiro atoms. The molecule has 1 unspecified atom stereocenters. The lowest BCUT2D eigenvalue weighted by atomic mass is 9.98. The van der Waals surface area contributed by atoms with Gasteiger partial charge in [0, 0.05) is 24.0 Å². The summed E-state index contributed by atoms with van der Waals surface area (Å²) in [6, 6.07) is 12.1. The lowest BCUT2D eigenvalue weighted by Gasteiger charge is -2.29. The van der Waals surface area contributed by atoms with E-state index in [2.05, 4.69) is 13.8 Å². The van der Waals surface area contributed by atoms with Crippen LogP contribution in [0.1, 0.15) is 45.1 Å². The first kappa shape index (κ1) is 20.1. The summed E-state index contributed by atoms with van der Waals surface area (Å²) in [7, 11) is 0. The molecule has 0 aromatic heterocycles. The molecule has 1 atom stereocenters. The normalized spacial score (nSPS) is 12.8. The van der Waals surface area contributed by atoms with Crippen molar-refractivity contribution in [1.82, 2.24) is 0 Å². The molecule has 0 heterocycles. The zero-order valence-corrected chi connectivity index (χ0v) is 15.3. The predicted molar refractivity (Wildman–Crippen MR) is 99.9 cm³/mol. The number of hydrogen-bond acceptors (Lipinski definition) is 2. The predicted octanol–water partition coefficient (Wildman–Crippen LogP) is 6.77. The Morgan fingerprint density at radius 3 is 2.23 bits per heavy atom. The maximum Gasteiger partial charge on any atom is 0.416 e. The Morgan fingerprint density at radius 2 is 1.69 bits per heavy atom. The minimum Gasteiger partial charge on any atom is -0.508 e. The number of nitrogens with zero attached hydrogens (tertiary/aromatic N) is 1. The topological polar surface area (TPSA) is 23.5 Å². The summed E-state index contributed by atoms with van der Waals surface area (Å²) in [6.45, 7) is 4.98. The molecule has 0 aliphatic carbocycles. The largest absolute Gasteiger partial charge is 0.508 e. The van der Waals surface area contributed by atoms with E-state index >= 15 is 0 Å². The van der Waals surface area contributed by atoms with Gasteiger partial charge >= 0.3 is 6.18 Å². The van der Waals surface area contributed by atoms with Crippen LogP contribution < -0.4 is 4.90 Å². The summed E-state index contributed by atoms with van der Waals surface area (Å²) in [5.41, 5.74) is 0.813. The van der Waals surface area contributed by atoms with E-state index in [0.717, 1.165) is 43.5 Å². The Hall–Kier alpha value is -2.17. The van der Waals surface area contributed by atoms with Gasteiger partial charge in [0.25, 0.3) is 0 Å². The quantitative estimate of drug-likeness (QED) is 0.558. The molecule has 0 bridgehead atoms. The third kappa shape index (κ3) is 5.41. The van der Waals surface area contributed by atoms with Crippen LogP contribution in [0.25, 0.3) is 0 Å². The number of halogens is 3. The first-order valence-corrected chi connectivity index (χ1v) is 9.09. The molecule has 2 aromatic rings. The summed E-state index contributed by atoms with van der Waals surface area (Å²) < 4.78 is 38.6. The van der Waals surface area contributed by atoms with Gasteiger partial charge in [-0.15, -0.1) is 0 Å². The second kappa shape index (κ2) is 8.97. The molecule has 0 aliphatic rings. The van der Waals surface area contributed by atoms with Crippen molar-refractivity contribution in [1.29, 1.82) is 0 Å². The molecule has 26 heavy (non-hydrogen) atoms. The average molecular weight is 365 g/mol. The highest BCUT2D eigenvalue weighted by molar-refractivity contribution is 5.64. The summed E-state index contributed by atoms with van der Waals surface area (Å²) in [6.07, 6.45) is -0.0390. The molecule has 0 radical (unpaired) electrons. The van der Waals surface area contributed by atoms with Crippen molar-refractivity contribution in [2.24, 2.45) is 5.92 Å². The molecule has 0 aliphatic heterocycles. The van der Waals surface area contributed by atoms with Gasteiger partial charge in [0.2, 0.25) is 0 Å². The van der Waals surface area contributed by atoms with Gasteiger partial charge in [-0.3, -0.25) is 0 Å². The smallest absolute Gasteiger partial charge is 0.416 e. The van der Waals surface area contributed by atoms with Crippen LogP contribution in [0.15, 0.2) is 48.5 Å². The fourth-order valence-corrected chi connectivity index (χ4v) is 3.03. The third-order valence-corrected chi connectivity index (χ3v) is 4.63. The van der Waals surface area contributed by atoms with Crippen LogP contribution in [0.3, 0.4) is 0 Å². The standard InChI is InChI=1S/C21H26F3NO/c1-3-5-7-16(4-2)15-25(19-8-6-9-20(26)14-19)18-12-10-17(11-13-18)21(22,23)24/h6,8-14,16,26H,3-5,7,15H2,1-2H3. The number of phenols is 1. The summed E-state index contributed by atoms with van der Waals surface area (Å²) in [5, 5.41) is 9.82. The van der Waals surface area contributed by atoms with Crippen molar-refractivity contribution in [3.05, 3.63) is 54.1 Å². The molecule has 5 heteroatoms. The number of hydrogen-bond donors (Lipinski definition) is 1. The monoisotopic (exact) mass is 365 g/mol. The van der Waals surface area contributed by atoms with E-state index in [-0.39, 0.29) is 5.75 Å². The highest BCUT2D eigenvalue weighted by atomic mass is 19.4. The molecule has 0 saturated carbocycles. The van der Waals surface area contributed by atoms with E-state index < -0.39 is 11.7 Å². The molecule has 2 nitrogen and oxygen atoms in total. The zero-order valence-electron chi connectivity index (χ0n) is 15.3. The Kier molecular flexibility index (Phi) is 6.95. The summed E-state index contributed by atoms with van der Waals surface area (Å²) in [5.74, 6) is 0.570. The van der Waals surface area contributed by atoms with Gasteiger partial charge in [-0.2, -0.15) is 13.2 Å². The number of phenolic OH excluding ortho intramolecular Hbond substituents is 1. The van der Waals surface area contributed by atoms with Crippen molar-refractivity contribution in [3.63, 3.8) is 0 Å². The first-order chi connectivity index (χ1) is 12.3. The van der Waals surface area contributed by atoms with Gasteiger partial charge in [0.1, 0.15) is 5.75 Å². The van der Waals surface area contributed by atoms with Crippen molar-refractivity contribution in [2.45, 2.75) is 45.7 Å². The summed E-state index contributed by atoms with van der Waals surface area (Å²) >= 11 is 0. The van der Waals surface area contributed by atoms with Crippen LogP contribution in [-0.2, 0) is 6.18 Å². The van der Waals surface area contributed by atoms with Crippen LogP contribution in [0.4, 0.5) is 24.5 Å². The fraction of sp³-hybridized carbons (Fsp3) is 0.429. The number of benzene rings is 2. The van der Waals surface area contributed by atoms with E-state index in [0.29, 0.717) is 18.2 Å². The summed E-state index contributed by atoms with van der Waals surface area (Å²) in [4.78, 5) is 1.99. The van der Waals surface area contributed by atoms with E-state index in [1.165, 1.54) is 12.1 Å². The molecule has 2 rings (SSSR count). The van der Waals surface area contributed by atoms with Gasteiger partial charge in [0.05, 0.1) is 5.56 Å². The van der Waals surface area contributed by atoms with E-state index in [1.807, 2.05) is 11.0 Å². The van der Waals surface area contributed by atoms with Crippen molar-refractivity contribution in [3.8, 4) is 5.75 Å². The molecule has 142 valence electrons. The Morgan fingerprint density at radius 1 is 1.00 bits per heavy atom. The van der Waals surface area contributed by atoms with E-state index in [4.69, 9.17) is 0 Å². The fourth-order valence-electron chi connectivity index (χ4n) is 3.03. The van der Waals surface area contributed by atoms with Gasteiger partial charge in [0.15, 0.2) is 0 Å². The number of rotatable bonds is 8. The Bertz CT molecular complexity index is 682. The minimum atomic E-state index is -4.35. The van der Waals surface area contributed by atoms with E-state index in [9.17, 15) is 18.3 Å². The van der Waals surface area contributed by atoms with Crippen molar-refractivity contribution < 1.29 is 18.3 Å². The Balaban J connectivity index is 2.33. The maximum absolute atomic E-state index is 12.9. The molecule has 1 N–H and O–H groups in total. The second-order valence-corrected chi connectivity index (χ2v) is 6.59. The van der Waals surface area contributed by atoms with Crippen LogP contribution >= 0.6 is 0 Å². The number of unbranched alkanes of at least 4 members (excludes halogenated alkanes) is 1. The lowest BCUT2D eigenvalue weighted by molar-refractivity contribution is -0.137. The Labute approximate surface area is 153 Å². The van der Waals surface area contributed by atoms with E-state index in [1.54, 1.807) is 18.2 Å². The molecular formula is C21H26F3NO. The van der Waals surface area contributed by atoms with Crippen LogP contribution in [0, 0.1) is 5.92 Å². The maximum atomic E-state index is 12.9. The van der Waals surface area contributed by atoms with Crippen molar-refractivity contribution in [2.75, 3.05) is 11.4 Å². The zero-order chi connectivity index (χ0) is 19.2. The third-order valence-electron chi connectivity index (χ3n) is 4.63. The molecule has 2 aromatic carbocycles.